The molecule has 1 unspecified atom stereocenters. The predicted octanol–water partition coefficient (Wildman–Crippen LogP) is 0.162. The first-order chi connectivity index (χ1) is 11.5. The minimum atomic E-state index is -1.01. The summed E-state index contributed by atoms with van der Waals surface area (Å²) in [7, 11) is 0. The van der Waals surface area contributed by atoms with E-state index in [4.69, 9.17) is 14.6 Å². The Morgan fingerprint density at radius 1 is 1.33 bits per heavy atom. The fraction of sp³-hybridized carbons (Fsp3) is 0.438. The second-order valence-corrected chi connectivity index (χ2v) is 5.94. The first kappa shape index (κ1) is 16.3. The highest BCUT2D eigenvalue weighted by Crippen LogP contribution is 2.31. The van der Waals surface area contributed by atoms with Crippen molar-refractivity contribution in [3.05, 3.63) is 24.3 Å². The minimum absolute atomic E-state index is 0.131. The van der Waals surface area contributed by atoms with E-state index in [0.717, 1.165) is 0 Å². The number of hydrogen-bond acceptors (Lipinski definition) is 5. The van der Waals surface area contributed by atoms with Gasteiger partial charge in [0.15, 0.2) is 6.61 Å². The summed E-state index contributed by atoms with van der Waals surface area (Å²) in [4.78, 5) is 36.9. The van der Waals surface area contributed by atoms with Crippen LogP contribution in [0.2, 0.25) is 0 Å². The van der Waals surface area contributed by atoms with E-state index in [-0.39, 0.29) is 32.1 Å². The van der Waals surface area contributed by atoms with Crippen LogP contribution in [-0.2, 0) is 19.1 Å². The number of hydrogen-bond donors (Lipinski definition) is 2. The maximum Gasteiger partial charge on any atom is 0.305 e. The van der Waals surface area contributed by atoms with Gasteiger partial charge in [0.05, 0.1) is 24.3 Å². The van der Waals surface area contributed by atoms with Crippen LogP contribution >= 0.6 is 0 Å². The van der Waals surface area contributed by atoms with Crippen molar-refractivity contribution in [3.8, 4) is 5.75 Å². The topological polar surface area (TPSA) is 105 Å². The van der Waals surface area contributed by atoms with E-state index < -0.39 is 17.4 Å². The molecule has 0 saturated carbocycles. The van der Waals surface area contributed by atoms with E-state index in [2.05, 4.69) is 5.32 Å². The van der Waals surface area contributed by atoms with Gasteiger partial charge in [0.2, 0.25) is 5.91 Å². The van der Waals surface area contributed by atoms with Crippen molar-refractivity contribution in [2.45, 2.75) is 18.4 Å². The standard InChI is InChI=1S/C16H18N2O6/c19-13(17-16(7-15(21)22)5-6-23-10-16)8-18-11-3-1-2-4-12(11)24-9-14(18)20/h1-4H,5-10H2,(H,17,19)(H,21,22). The van der Waals surface area contributed by atoms with Crippen molar-refractivity contribution in [2.24, 2.45) is 0 Å². The molecule has 2 aliphatic rings. The number of ether oxygens (including phenoxy) is 2. The lowest BCUT2D eigenvalue weighted by Gasteiger charge is -2.31. The van der Waals surface area contributed by atoms with Crippen LogP contribution < -0.4 is 15.0 Å². The second-order valence-electron chi connectivity index (χ2n) is 5.94. The molecule has 24 heavy (non-hydrogen) atoms. The molecule has 0 aromatic heterocycles. The Kier molecular flexibility index (Phi) is 4.39. The largest absolute Gasteiger partial charge is 0.482 e. The van der Waals surface area contributed by atoms with Crippen LogP contribution in [0.4, 0.5) is 5.69 Å². The third-order valence-corrected chi connectivity index (χ3v) is 4.11. The molecule has 0 radical (unpaired) electrons. The van der Waals surface area contributed by atoms with Crippen molar-refractivity contribution in [3.63, 3.8) is 0 Å². The van der Waals surface area contributed by atoms with Gasteiger partial charge in [-0.3, -0.25) is 19.3 Å². The highest BCUT2D eigenvalue weighted by Gasteiger charge is 2.39. The monoisotopic (exact) mass is 334 g/mol. The molecule has 3 rings (SSSR count). The van der Waals surface area contributed by atoms with Crippen LogP contribution in [-0.4, -0.2) is 54.8 Å². The van der Waals surface area contributed by atoms with Crippen LogP contribution in [0.15, 0.2) is 24.3 Å². The van der Waals surface area contributed by atoms with E-state index in [1.54, 1.807) is 24.3 Å². The molecular formula is C16H18N2O6. The van der Waals surface area contributed by atoms with Gasteiger partial charge in [0.25, 0.3) is 5.91 Å². The Labute approximate surface area is 138 Å². The minimum Gasteiger partial charge on any atom is -0.482 e. The van der Waals surface area contributed by atoms with Crippen molar-refractivity contribution >= 4 is 23.5 Å². The van der Waals surface area contributed by atoms with Crippen LogP contribution in [0.3, 0.4) is 0 Å². The molecule has 2 heterocycles. The highest BCUT2D eigenvalue weighted by atomic mass is 16.5. The van der Waals surface area contributed by atoms with Gasteiger partial charge in [-0.1, -0.05) is 12.1 Å². The lowest BCUT2D eigenvalue weighted by Crippen LogP contribution is -2.54. The number of carbonyl (C=O) groups excluding carboxylic acids is 2. The molecule has 128 valence electrons. The molecular weight excluding hydrogens is 316 g/mol. The summed E-state index contributed by atoms with van der Waals surface area (Å²) in [5.41, 5.74) is -0.392. The van der Waals surface area contributed by atoms with Gasteiger partial charge < -0.3 is 19.9 Å². The van der Waals surface area contributed by atoms with Gasteiger partial charge in [-0.05, 0) is 18.6 Å². The third kappa shape index (κ3) is 3.33. The van der Waals surface area contributed by atoms with E-state index in [1.807, 2.05) is 0 Å². The number of carboxylic acids is 1. The summed E-state index contributed by atoms with van der Waals surface area (Å²) in [5, 5.41) is 11.8. The molecule has 2 aliphatic heterocycles. The average Bonchev–Trinajstić information content (AvgIpc) is 2.97. The summed E-state index contributed by atoms with van der Waals surface area (Å²) in [6.07, 6.45) is 0.213. The van der Waals surface area contributed by atoms with Gasteiger partial charge in [0, 0.05) is 6.61 Å². The quantitative estimate of drug-likeness (QED) is 0.795. The Morgan fingerprint density at radius 2 is 2.12 bits per heavy atom. The highest BCUT2D eigenvalue weighted by molar-refractivity contribution is 6.02. The molecule has 1 atom stereocenters. The zero-order chi connectivity index (χ0) is 17.2. The number of rotatable bonds is 5. The molecule has 0 aliphatic carbocycles. The summed E-state index contributed by atoms with van der Waals surface area (Å²) < 4.78 is 10.6. The van der Waals surface area contributed by atoms with E-state index in [9.17, 15) is 14.4 Å². The van der Waals surface area contributed by atoms with Gasteiger partial charge in [0.1, 0.15) is 12.3 Å². The summed E-state index contributed by atoms with van der Waals surface area (Å²) >= 11 is 0. The molecule has 8 nitrogen and oxygen atoms in total. The van der Waals surface area contributed by atoms with Crippen LogP contribution in [0.25, 0.3) is 0 Å². The summed E-state index contributed by atoms with van der Waals surface area (Å²) in [6.45, 7) is 0.222. The number of fused-ring (bicyclic) bond motifs is 1. The Hall–Kier alpha value is -2.61. The fourth-order valence-electron chi connectivity index (χ4n) is 2.99. The first-order valence-corrected chi connectivity index (χ1v) is 7.62. The number of aliphatic carboxylic acids is 1. The molecule has 2 N–H and O–H groups in total. The smallest absolute Gasteiger partial charge is 0.305 e. The number of nitrogens with zero attached hydrogens (tertiary/aromatic N) is 1. The van der Waals surface area contributed by atoms with Crippen LogP contribution in [0, 0.1) is 0 Å². The van der Waals surface area contributed by atoms with Crippen LogP contribution in [0.5, 0.6) is 5.75 Å². The second kappa shape index (κ2) is 6.48. The van der Waals surface area contributed by atoms with Crippen molar-refractivity contribution in [2.75, 3.05) is 31.3 Å². The normalized spacial score (nSPS) is 22.7. The lowest BCUT2D eigenvalue weighted by atomic mass is 9.94. The predicted molar refractivity (Wildman–Crippen MR) is 82.9 cm³/mol. The number of carbonyl (C=O) groups is 3. The zero-order valence-electron chi connectivity index (χ0n) is 13.0. The van der Waals surface area contributed by atoms with Crippen LogP contribution in [0.1, 0.15) is 12.8 Å². The fourth-order valence-corrected chi connectivity index (χ4v) is 2.99. The van der Waals surface area contributed by atoms with Gasteiger partial charge in [-0.15, -0.1) is 0 Å². The van der Waals surface area contributed by atoms with E-state index in [0.29, 0.717) is 24.5 Å². The number of anilines is 1. The maximum atomic E-state index is 12.4. The molecule has 1 aromatic carbocycles. The zero-order valence-corrected chi connectivity index (χ0v) is 13.0. The number of para-hydroxylation sites is 2. The lowest BCUT2D eigenvalue weighted by molar-refractivity contribution is -0.139. The number of benzene rings is 1. The summed E-state index contributed by atoms with van der Waals surface area (Å²) in [5.74, 6) is -1.21. The average molecular weight is 334 g/mol. The number of amides is 2. The molecule has 1 aromatic rings. The molecule has 0 spiro atoms. The van der Waals surface area contributed by atoms with Gasteiger partial charge in [-0.25, -0.2) is 0 Å². The van der Waals surface area contributed by atoms with E-state index in [1.165, 1.54) is 4.90 Å². The molecule has 0 bridgehead atoms. The number of nitrogens with one attached hydrogen (secondary N) is 1. The Bertz CT molecular complexity index is 668. The van der Waals surface area contributed by atoms with Crippen molar-refractivity contribution < 1.29 is 29.0 Å². The molecule has 8 heteroatoms. The number of carboxylic acid groups (broad SMARTS) is 1. The maximum absolute atomic E-state index is 12.4. The van der Waals surface area contributed by atoms with Crippen molar-refractivity contribution in [1.29, 1.82) is 0 Å². The molecule has 1 saturated heterocycles. The van der Waals surface area contributed by atoms with Gasteiger partial charge in [-0.2, -0.15) is 0 Å². The molecule has 2 amide bonds. The van der Waals surface area contributed by atoms with Gasteiger partial charge >= 0.3 is 5.97 Å². The van der Waals surface area contributed by atoms with E-state index >= 15 is 0 Å². The first-order valence-electron chi connectivity index (χ1n) is 7.62. The Balaban J connectivity index is 1.72. The third-order valence-electron chi connectivity index (χ3n) is 4.11. The SMILES string of the molecule is O=C(O)CC1(NC(=O)CN2C(=O)COc3ccccc32)CCOC1. The molecule has 1 fully saturated rings. The summed E-state index contributed by atoms with van der Waals surface area (Å²) in [6, 6.07) is 6.96. The Morgan fingerprint density at radius 3 is 2.83 bits per heavy atom. The van der Waals surface area contributed by atoms with Crippen molar-refractivity contribution in [1.82, 2.24) is 5.32 Å².